The average molecular weight is 318 g/mol. The second-order valence-electron chi connectivity index (χ2n) is 6.40. The number of rotatable bonds is 3. The third-order valence-electron chi connectivity index (χ3n) is 4.88. The molecule has 4 rings (SSSR count). The minimum atomic E-state index is -0.450. The van der Waals surface area contributed by atoms with Crippen LogP contribution >= 0.6 is 0 Å². The molecule has 0 radical (unpaired) electrons. The smallest absolute Gasteiger partial charge is 0.250 e. The van der Waals surface area contributed by atoms with E-state index in [4.69, 9.17) is 5.73 Å². The fourth-order valence-electron chi connectivity index (χ4n) is 3.66. The Balaban J connectivity index is 1.93. The molecule has 1 atom stereocenters. The maximum atomic E-state index is 11.9. The summed E-state index contributed by atoms with van der Waals surface area (Å²) in [5, 5.41) is 0.991. The van der Waals surface area contributed by atoms with Crippen molar-refractivity contribution in [1.29, 1.82) is 0 Å². The lowest BCUT2D eigenvalue weighted by Gasteiger charge is -2.10. The zero-order valence-electron chi connectivity index (χ0n) is 13.2. The Hall–Kier alpha value is -2.88. The standard InChI is InChI=1S/C20H18N2O2/c21-20(24)17-10-14(12-4-2-1-3-5-12)9-16-18(11-22-19(16)17)13-6-7-15(23)8-13/h1-5,9-11,13,22H,6-8H2,(H2,21,24). The maximum Gasteiger partial charge on any atom is 0.250 e. The van der Waals surface area contributed by atoms with Gasteiger partial charge in [-0.1, -0.05) is 30.3 Å². The van der Waals surface area contributed by atoms with Gasteiger partial charge in [-0.15, -0.1) is 0 Å². The first-order chi connectivity index (χ1) is 11.6. The second-order valence-corrected chi connectivity index (χ2v) is 6.40. The molecule has 120 valence electrons. The molecule has 3 N–H and O–H groups in total. The summed E-state index contributed by atoms with van der Waals surface area (Å²) in [6.07, 6.45) is 4.01. The van der Waals surface area contributed by atoms with Crippen LogP contribution in [0.2, 0.25) is 0 Å². The van der Waals surface area contributed by atoms with E-state index in [1.165, 1.54) is 0 Å². The van der Waals surface area contributed by atoms with E-state index in [-0.39, 0.29) is 5.92 Å². The fourth-order valence-corrected chi connectivity index (χ4v) is 3.66. The van der Waals surface area contributed by atoms with Gasteiger partial charge in [0, 0.05) is 24.4 Å². The van der Waals surface area contributed by atoms with Crippen molar-refractivity contribution >= 4 is 22.6 Å². The zero-order valence-corrected chi connectivity index (χ0v) is 13.2. The van der Waals surface area contributed by atoms with Gasteiger partial charge in [0.2, 0.25) is 0 Å². The first-order valence-electron chi connectivity index (χ1n) is 8.15. The maximum absolute atomic E-state index is 11.9. The highest BCUT2D eigenvalue weighted by Gasteiger charge is 2.26. The minimum absolute atomic E-state index is 0.220. The molecule has 24 heavy (non-hydrogen) atoms. The van der Waals surface area contributed by atoms with E-state index in [2.05, 4.69) is 11.1 Å². The van der Waals surface area contributed by atoms with Gasteiger partial charge in [-0.25, -0.2) is 0 Å². The van der Waals surface area contributed by atoms with Gasteiger partial charge in [-0.3, -0.25) is 9.59 Å². The molecular weight excluding hydrogens is 300 g/mol. The van der Waals surface area contributed by atoms with Crippen molar-refractivity contribution in [2.45, 2.75) is 25.2 Å². The molecule has 1 aromatic heterocycles. The summed E-state index contributed by atoms with van der Waals surface area (Å²) < 4.78 is 0. The van der Waals surface area contributed by atoms with E-state index in [9.17, 15) is 9.59 Å². The molecule has 1 fully saturated rings. The highest BCUT2D eigenvalue weighted by Crippen LogP contribution is 2.38. The molecule has 1 aliphatic rings. The Kier molecular flexibility index (Phi) is 3.45. The molecule has 1 amide bonds. The van der Waals surface area contributed by atoms with Crippen LogP contribution in [0.4, 0.5) is 0 Å². The van der Waals surface area contributed by atoms with Crippen molar-refractivity contribution < 1.29 is 9.59 Å². The number of nitrogens with one attached hydrogen (secondary N) is 1. The van der Waals surface area contributed by atoms with Gasteiger partial charge in [0.25, 0.3) is 5.91 Å². The summed E-state index contributed by atoms with van der Waals surface area (Å²) >= 11 is 0. The first kappa shape index (κ1) is 14.7. The number of carbonyl (C=O) groups is 2. The number of hydrogen-bond acceptors (Lipinski definition) is 2. The van der Waals surface area contributed by atoms with Gasteiger partial charge in [0.1, 0.15) is 5.78 Å². The largest absolute Gasteiger partial charge is 0.366 e. The molecule has 0 spiro atoms. The molecule has 1 heterocycles. The first-order valence-corrected chi connectivity index (χ1v) is 8.15. The number of aromatic nitrogens is 1. The lowest BCUT2D eigenvalue weighted by molar-refractivity contribution is -0.117. The number of carbonyl (C=O) groups excluding carboxylic acids is 2. The molecule has 1 saturated carbocycles. The van der Waals surface area contributed by atoms with Crippen LogP contribution in [-0.2, 0) is 4.79 Å². The van der Waals surface area contributed by atoms with Crippen molar-refractivity contribution in [3.63, 3.8) is 0 Å². The number of nitrogens with two attached hydrogens (primary N) is 1. The molecular formula is C20H18N2O2. The number of fused-ring (bicyclic) bond motifs is 1. The number of amides is 1. The Morgan fingerprint density at radius 1 is 1.12 bits per heavy atom. The topological polar surface area (TPSA) is 76.0 Å². The Bertz CT molecular complexity index is 941. The van der Waals surface area contributed by atoms with E-state index in [0.717, 1.165) is 34.0 Å². The molecule has 0 saturated heterocycles. The van der Waals surface area contributed by atoms with Crippen LogP contribution in [0.5, 0.6) is 0 Å². The second kappa shape index (κ2) is 5.64. The van der Waals surface area contributed by atoms with Crippen molar-refractivity contribution in [3.8, 4) is 11.1 Å². The van der Waals surface area contributed by atoms with E-state index in [1.54, 1.807) is 0 Å². The summed E-state index contributed by atoms with van der Waals surface area (Å²) in [5.41, 5.74) is 9.95. The van der Waals surface area contributed by atoms with E-state index < -0.39 is 5.91 Å². The highest BCUT2D eigenvalue weighted by atomic mass is 16.1. The molecule has 0 bridgehead atoms. The summed E-state index contributed by atoms with van der Waals surface area (Å²) in [6.45, 7) is 0. The van der Waals surface area contributed by atoms with Gasteiger partial charge in [-0.2, -0.15) is 0 Å². The van der Waals surface area contributed by atoms with Crippen LogP contribution in [0.15, 0.2) is 48.7 Å². The van der Waals surface area contributed by atoms with Crippen LogP contribution in [0, 0.1) is 0 Å². The minimum Gasteiger partial charge on any atom is -0.366 e. The van der Waals surface area contributed by atoms with Crippen molar-refractivity contribution in [2.75, 3.05) is 0 Å². The summed E-state index contributed by atoms with van der Waals surface area (Å²) in [6, 6.07) is 13.8. The monoisotopic (exact) mass is 318 g/mol. The van der Waals surface area contributed by atoms with Crippen LogP contribution in [0.25, 0.3) is 22.0 Å². The molecule has 4 heteroatoms. The Labute approximate surface area is 139 Å². The molecule has 1 aliphatic carbocycles. The van der Waals surface area contributed by atoms with Crippen molar-refractivity contribution in [2.24, 2.45) is 5.73 Å². The third kappa shape index (κ3) is 2.40. The van der Waals surface area contributed by atoms with Crippen LogP contribution < -0.4 is 5.73 Å². The number of H-pyrrole nitrogens is 1. The lowest BCUT2D eigenvalue weighted by Crippen LogP contribution is -2.11. The number of ketones is 1. The number of benzene rings is 2. The number of Topliss-reactive ketones (excluding diaryl/α,β-unsaturated/α-hetero) is 1. The quantitative estimate of drug-likeness (QED) is 0.771. The predicted molar refractivity (Wildman–Crippen MR) is 93.9 cm³/mol. The molecule has 1 unspecified atom stereocenters. The van der Waals surface area contributed by atoms with E-state index in [0.29, 0.717) is 24.2 Å². The van der Waals surface area contributed by atoms with Crippen LogP contribution in [0.3, 0.4) is 0 Å². The third-order valence-corrected chi connectivity index (χ3v) is 4.88. The number of hydrogen-bond donors (Lipinski definition) is 2. The van der Waals surface area contributed by atoms with Gasteiger partial charge in [-0.05, 0) is 41.2 Å². The van der Waals surface area contributed by atoms with Crippen LogP contribution in [0.1, 0.15) is 41.1 Å². The predicted octanol–water partition coefficient (Wildman–Crippen LogP) is 3.77. The van der Waals surface area contributed by atoms with Gasteiger partial charge < -0.3 is 10.7 Å². The Morgan fingerprint density at radius 3 is 2.58 bits per heavy atom. The van der Waals surface area contributed by atoms with Crippen molar-refractivity contribution in [1.82, 2.24) is 4.98 Å². The average Bonchev–Trinajstić information content (AvgIpc) is 3.20. The Morgan fingerprint density at radius 2 is 1.92 bits per heavy atom. The van der Waals surface area contributed by atoms with Crippen LogP contribution in [-0.4, -0.2) is 16.7 Å². The zero-order chi connectivity index (χ0) is 16.7. The fraction of sp³-hybridized carbons (Fsp3) is 0.200. The summed E-state index contributed by atoms with van der Waals surface area (Å²) in [4.78, 5) is 26.8. The van der Waals surface area contributed by atoms with Crippen molar-refractivity contribution in [3.05, 3.63) is 59.8 Å². The molecule has 4 nitrogen and oxygen atoms in total. The van der Waals surface area contributed by atoms with E-state index >= 15 is 0 Å². The molecule has 0 aliphatic heterocycles. The lowest BCUT2D eigenvalue weighted by atomic mass is 9.93. The van der Waals surface area contributed by atoms with Gasteiger partial charge in [0.15, 0.2) is 0 Å². The SMILES string of the molecule is NC(=O)c1cc(-c2ccccc2)cc2c(C3CCC(=O)C3)c[nH]c12. The number of aromatic amines is 1. The van der Waals surface area contributed by atoms with Gasteiger partial charge in [0.05, 0.1) is 11.1 Å². The number of primary amides is 1. The summed E-state index contributed by atoms with van der Waals surface area (Å²) in [5.74, 6) is 0.0790. The normalized spacial score (nSPS) is 17.5. The highest BCUT2D eigenvalue weighted by molar-refractivity contribution is 6.08. The summed E-state index contributed by atoms with van der Waals surface area (Å²) in [7, 11) is 0. The van der Waals surface area contributed by atoms with E-state index in [1.807, 2.05) is 42.6 Å². The molecule has 2 aromatic carbocycles. The van der Waals surface area contributed by atoms with Gasteiger partial charge >= 0.3 is 0 Å². The molecule has 3 aromatic rings.